The number of anilines is 1. The fraction of sp³-hybridized carbons (Fsp3) is 0.417. The van der Waals surface area contributed by atoms with E-state index in [9.17, 15) is 4.79 Å². The maximum Gasteiger partial charge on any atom is 0.225 e. The van der Waals surface area contributed by atoms with E-state index in [1.54, 1.807) is 0 Å². The van der Waals surface area contributed by atoms with Gasteiger partial charge in [0.1, 0.15) is 12.4 Å². The van der Waals surface area contributed by atoms with Crippen LogP contribution in [0.3, 0.4) is 0 Å². The zero-order chi connectivity index (χ0) is 22.1. The molecule has 2 aromatic rings. The van der Waals surface area contributed by atoms with Crippen molar-refractivity contribution in [3.63, 3.8) is 0 Å². The van der Waals surface area contributed by atoms with Crippen LogP contribution >= 0.6 is 24.0 Å². The summed E-state index contributed by atoms with van der Waals surface area (Å²) in [6, 6.07) is 16.0. The number of carbonyl (C=O) groups excluding carboxylic acids is 1. The molecule has 2 aromatic carbocycles. The quantitative estimate of drug-likeness (QED) is 0.253. The Labute approximate surface area is 208 Å². The molecule has 3 N–H and O–H groups in total. The van der Waals surface area contributed by atoms with E-state index >= 15 is 0 Å². The van der Waals surface area contributed by atoms with E-state index in [4.69, 9.17) is 9.73 Å². The first-order valence-corrected chi connectivity index (χ1v) is 10.8. The fourth-order valence-electron chi connectivity index (χ4n) is 3.50. The van der Waals surface area contributed by atoms with Gasteiger partial charge >= 0.3 is 0 Å². The smallest absolute Gasteiger partial charge is 0.225 e. The number of carbonyl (C=O) groups is 1. The van der Waals surface area contributed by atoms with Crippen molar-refractivity contribution < 1.29 is 9.53 Å². The van der Waals surface area contributed by atoms with Crippen molar-refractivity contribution in [2.75, 3.05) is 45.7 Å². The average molecular weight is 551 g/mol. The summed E-state index contributed by atoms with van der Waals surface area (Å²) in [5.74, 6) is 1.77. The van der Waals surface area contributed by atoms with Crippen LogP contribution in [0.25, 0.3) is 0 Å². The molecule has 0 spiro atoms. The molecule has 0 fully saturated rings. The number of nitrogens with zero attached hydrogens (tertiary/aromatic N) is 2. The number of fused-ring (bicyclic) bond motifs is 1. The third-order valence-corrected chi connectivity index (χ3v) is 5.09. The Morgan fingerprint density at radius 2 is 2.00 bits per heavy atom. The van der Waals surface area contributed by atoms with Crippen LogP contribution in [0.5, 0.6) is 5.75 Å². The molecule has 0 aromatic heterocycles. The number of guanidine groups is 1. The summed E-state index contributed by atoms with van der Waals surface area (Å²) in [5, 5.41) is 9.64. The molecule has 1 aliphatic rings. The van der Waals surface area contributed by atoms with Crippen LogP contribution in [0, 0.1) is 0 Å². The lowest BCUT2D eigenvalue weighted by Gasteiger charge is -2.26. The molecular weight excluding hydrogens is 517 g/mol. The monoisotopic (exact) mass is 551 g/mol. The van der Waals surface area contributed by atoms with Gasteiger partial charge in [0.15, 0.2) is 5.96 Å². The molecule has 8 heteroatoms. The van der Waals surface area contributed by atoms with Crippen LogP contribution in [0.1, 0.15) is 30.4 Å². The van der Waals surface area contributed by atoms with Gasteiger partial charge in [-0.2, -0.15) is 0 Å². The first-order valence-electron chi connectivity index (χ1n) is 10.8. The van der Waals surface area contributed by atoms with Gasteiger partial charge in [-0.1, -0.05) is 30.3 Å². The average Bonchev–Trinajstić information content (AvgIpc) is 2.75. The summed E-state index contributed by atoms with van der Waals surface area (Å²) < 4.78 is 5.82. The van der Waals surface area contributed by atoms with Gasteiger partial charge in [0.25, 0.3) is 0 Å². The van der Waals surface area contributed by atoms with Crippen molar-refractivity contribution in [2.24, 2.45) is 4.99 Å². The van der Waals surface area contributed by atoms with Crippen LogP contribution in [0.15, 0.2) is 53.5 Å². The lowest BCUT2D eigenvalue weighted by Crippen LogP contribution is -2.40. The molecule has 174 valence electrons. The fourth-order valence-corrected chi connectivity index (χ4v) is 3.50. The van der Waals surface area contributed by atoms with Crippen LogP contribution in [0.2, 0.25) is 0 Å². The van der Waals surface area contributed by atoms with Crippen molar-refractivity contribution in [1.82, 2.24) is 15.5 Å². The molecule has 0 saturated carbocycles. The van der Waals surface area contributed by atoms with Crippen molar-refractivity contribution in [2.45, 2.75) is 25.8 Å². The Kier molecular flexibility index (Phi) is 10.8. The number of rotatable bonds is 9. The summed E-state index contributed by atoms with van der Waals surface area (Å²) in [7, 11) is 4.06. The van der Waals surface area contributed by atoms with E-state index < -0.39 is 0 Å². The summed E-state index contributed by atoms with van der Waals surface area (Å²) in [5.41, 5.74) is 3.15. The summed E-state index contributed by atoms with van der Waals surface area (Å²) in [6.45, 7) is 5.52. The van der Waals surface area contributed by atoms with Crippen LogP contribution in [0.4, 0.5) is 5.69 Å². The normalized spacial score (nSPS) is 15.4. The lowest BCUT2D eigenvalue weighted by molar-refractivity contribution is -0.116. The minimum atomic E-state index is 0. The second kappa shape index (κ2) is 13.3. The molecule has 0 radical (unpaired) electrons. The third kappa shape index (κ3) is 7.98. The maximum atomic E-state index is 12.1. The Hall–Kier alpha value is -2.33. The van der Waals surface area contributed by atoms with Gasteiger partial charge in [0, 0.05) is 37.7 Å². The van der Waals surface area contributed by atoms with Crippen molar-refractivity contribution in [3.8, 4) is 5.75 Å². The number of likely N-dealkylation sites (N-methyl/N-ethyl adjacent to an activating group) is 1. The first-order chi connectivity index (χ1) is 15.0. The van der Waals surface area contributed by atoms with E-state index in [0.29, 0.717) is 26.1 Å². The Morgan fingerprint density at radius 3 is 2.78 bits per heavy atom. The summed E-state index contributed by atoms with van der Waals surface area (Å²) >= 11 is 0. The van der Waals surface area contributed by atoms with Gasteiger partial charge in [-0.25, -0.2) is 4.99 Å². The van der Waals surface area contributed by atoms with E-state index in [0.717, 1.165) is 41.6 Å². The van der Waals surface area contributed by atoms with Gasteiger partial charge in [-0.05, 0) is 50.3 Å². The highest BCUT2D eigenvalue weighted by Crippen LogP contribution is 2.31. The Bertz CT molecular complexity index is 903. The number of ether oxygens (including phenoxy) is 1. The van der Waals surface area contributed by atoms with E-state index in [-0.39, 0.29) is 35.8 Å². The van der Waals surface area contributed by atoms with Crippen LogP contribution in [-0.2, 0) is 11.3 Å². The highest BCUT2D eigenvalue weighted by Gasteiger charge is 2.24. The molecule has 0 saturated heterocycles. The van der Waals surface area contributed by atoms with Gasteiger partial charge in [0.2, 0.25) is 5.91 Å². The van der Waals surface area contributed by atoms with Crippen LogP contribution < -0.4 is 20.7 Å². The highest BCUT2D eigenvalue weighted by atomic mass is 127. The van der Waals surface area contributed by atoms with E-state index in [2.05, 4.69) is 26.9 Å². The predicted molar refractivity (Wildman–Crippen MR) is 141 cm³/mol. The molecule has 7 nitrogen and oxygen atoms in total. The van der Waals surface area contributed by atoms with Crippen LogP contribution in [-0.4, -0.2) is 57.1 Å². The summed E-state index contributed by atoms with van der Waals surface area (Å²) in [4.78, 5) is 18.9. The van der Waals surface area contributed by atoms with Crippen molar-refractivity contribution in [1.29, 1.82) is 0 Å². The molecule has 1 aliphatic heterocycles. The second-order valence-electron chi connectivity index (χ2n) is 7.91. The Morgan fingerprint density at radius 1 is 1.19 bits per heavy atom. The first kappa shape index (κ1) is 25.9. The molecule has 0 aliphatic carbocycles. The standard InChI is InChI=1S/C24H33N5O2.HI/c1-4-25-24(26-16-18-8-7-9-20(14-18)31-13-12-29(2)3)27-17-19-15-23(30)28-22-11-6-5-10-21(19)22;/h5-11,14,19H,4,12-13,15-17H2,1-3H3,(H,28,30)(H2,25,26,27);1H. The number of halogens is 1. The molecule has 1 heterocycles. The SMILES string of the molecule is CCNC(=NCc1cccc(OCCN(C)C)c1)NCC1CC(=O)Nc2ccccc21.I. The van der Waals surface area contributed by atoms with E-state index in [1.165, 1.54) is 0 Å². The number of amides is 1. The lowest BCUT2D eigenvalue weighted by atomic mass is 9.90. The molecule has 32 heavy (non-hydrogen) atoms. The number of aliphatic imine (C=N–C) groups is 1. The Balaban J connectivity index is 0.00000363. The molecule has 1 amide bonds. The van der Waals surface area contributed by atoms with Gasteiger partial charge in [-0.15, -0.1) is 24.0 Å². The topological polar surface area (TPSA) is 78.0 Å². The van der Waals surface area contributed by atoms with Gasteiger partial charge in [0.05, 0.1) is 6.54 Å². The minimum absolute atomic E-state index is 0. The second-order valence-corrected chi connectivity index (χ2v) is 7.91. The van der Waals surface area contributed by atoms with Gasteiger partial charge in [-0.3, -0.25) is 4.79 Å². The number of hydrogen-bond donors (Lipinski definition) is 3. The highest BCUT2D eigenvalue weighted by molar-refractivity contribution is 14.0. The molecular formula is C24H34IN5O2. The third-order valence-electron chi connectivity index (χ3n) is 5.09. The molecule has 1 atom stereocenters. The van der Waals surface area contributed by atoms with Crippen molar-refractivity contribution in [3.05, 3.63) is 59.7 Å². The number of para-hydroxylation sites is 1. The number of benzene rings is 2. The molecule has 1 unspecified atom stereocenters. The van der Waals surface area contributed by atoms with Gasteiger partial charge < -0.3 is 25.6 Å². The van der Waals surface area contributed by atoms with E-state index in [1.807, 2.05) is 63.5 Å². The molecule has 0 bridgehead atoms. The molecule has 3 rings (SSSR count). The zero-order valence-electron chi connectivity index (χ0n) is 19.1. The van der Waals surface area contributed by atoms with Crippen molar-refractivity contribution >= 4 is 41.5 Å². The largest absolute Gasteiger partial charge is 0.492 e. The number of hydrogen-bond acceptors (Lipinski definition) is 4. The zero-order valence-corrected chi connectivity index (χ0v) is 21.4. The predicted octanol–water partition coefficient (Wildman–Crippen LogP) is 3.43. The minimum Gasteiger partial charge on any atom is -0.492 e. The maximum absolute atomic E-state index is 12.1. The number of nitrogens with one attached hydrogen (secondary N) is 3. The summed E-state index contributed by atoms with van der Waals surface area (Å²) in [6.07, 6.45) is 0.468.